The summed E-state index contributed by atoms with van der Waals surface area (Å²) in [5.74, 6) is 1.73. The first-order chi connectivity index (χ1) is 7.49. The quantitative estimate of drug-likeness (QED) is 0.732. The molecule has 0 spiro atoms. The van der Waals surface area contributed by atoms with E-state index in [-0.39, 0.29) is 0 Å². The van der Waals surface area contributed by atoms with Crippen LogP contribution in [-0.2, 0) is 4.74 Å². The lowest BCUT2D eigenvalue weighted by atomic mass is 9.65. The van der Waals surface area contributed by atoms with E-state index in [1.165, 1.54) is 12.8 Å². The van der Waals surface area contributed by atoms with Gasteiger partial charge in [0.15, 0.2) is 0 Å². The summed E-state index contributed by atoms with van der Waals surface area (Å²) in [6.45, 7) is 7.50. The lowest BCUT2D eigenvalue weighted by Gasteiger charge is -2.45. The summed E-state index contributed by atoms with van der Waals surface area (Å²) < 4.78 is 5.09. The van der Waals surface area contributed by atoms with Crippen molar-refractivity contribution in [1.82, 2.24) is 0 Å². The summed E-state index contributed by atoms with van der Waals surface area (Å²) in [4.78, 5) is 0. The van der Waals surface area contributed by atoms with Gasteiger partial charge in [-0.05, 0) is 43.4 Å². The zero-order valence-corrected chi connectivity index (χ0v) is 11.3. The van der Waals surface area contributed by atoms with E-state index >= 15 is 0 Å². The zero-order chi connectivity index (χ0) is 12.2. The molecule has 0 aromatic rings. The van der Waals surface area contributed by atoms with Gasteiger partial charge in [0.25, 0.3) is 0 Å². The first kappa shape index (κ1) is 14.0. The number of aliphatic hydroxyl groups is 1. The van der Waals surface area contributed by atoms with E-state index < -0.39 is 5.60 Å². The van der Waals surface area contributed by atoms with Crippen molar-refractivity contribution in [3.63, 3.8) is 0 Å². The fourth-order valence-electron chi connectivity index (χ4n) is 3.35. The number of hydrogen-bond donors (Lipinski definition) is 1. The predicted molar refractivity (Wildman–Crippen MR) is 67.4 cm³/mol. The molecule has 1 N–H and O–H groups in total. The lowest BCUT2D eigenvalue weighted by Crippen LogP contribution is -2.45. The van der Waals surface area contributed by atoms with Crippen molar-refractivity contribution in [1.29, 1.82) is 0 Å². The van der Waals surface area contributed by atoms with Crippen LogP contribution in [0.4, 0.5) is 0 Å². The van der Waals surface area contributed by atoms with E-state index in [2.05, 4.69) is 20.8 Å². The van der Waals surface area contributed by atoms with Gasteiger partial charge in [-0.2, -0.15) is 0 Å². The van der Waals surface area contributed by atoms with Crippen LogP contribution in [0.25, 0.3) is 0 Å². The van der Waals surface area contributed by atoms with Gasteiger partial charge in [-0.3, -0.25) is 0 Å². The van der Waals surface area contributed by atoms with E-state index in [0.29, 0.717) is 17.8 Å². The van der Waals surface area contributed by atoms with Gasteiger partial charge in [0.2, 0.25) is 0 Å². The topological polar surface area (TPSA) is 29.5 Å². The molecule has 1 rings (SSSR count). The van der Waals surface area contributed by atoms with Crippen LogP contribution in [-0.4, -0.2) is 24.4 Å². The highest BCUT2D eigenvalue weighted by Crippen LogP contribution is 2.43. The summed E-state index contributed by atoms with van der Waals surface area (Å²) in [7, 11) is 1.73. The standard InChI is InChI=1S/C14H28O2/c1-11(2)13-7-6-12(3)10-14(13,15)8-5-9-16-4/h11-13,15H,5-10H2,1-4H3. The Morgan fingerprint density at radius 1 is 1.38 bits per heavy atom. The highest BCUT2D eigenvalue weighted by molar-refractivity contribution is 4.93. The molecule has 0 aromatic carbocycles. The third-order valence-electron chi connectivity index (χ3n) is 4.13. The van der Waals surface area contributed by atoms with Crippen LogP contribution in [0.5, 0.6) is 0 Å². The van der Waals surface area contributed by atoms with Crippen molar-refractivity contribution in [2.45, 2.75) is 58.5 Å². The molecule has 1 aliphatic carbocycles. The maximum atomic E-state index is 10.8. The Kier molecular flexibility index (Phi) is 5.26. The van der Waals surface area contributed by atoms with Gasteiger partial charge < -0.3 is 9.84 Å². The molecule has 3 unspecified atom stereocenters. The first-order valence-corrected chi connectivity index (χ1v) is 6.71. The minimum Gasteiger partial charge on any atom is -0.390 e. The summed E-state index contributed by atoms with van der Waals surface area (Å²) in [5.41, 5.74) is -0.440. The molecular weight excluding hydrogens is 200 g/mol. The molecule has 96 valence electrons. The maximum Gasteiger partial charge on any atom is 0.0681 e. The second-order valence-electron chi connectivity index (χ2n) is 5.94. The van der Waals surface area contributed by atoms with Crippen molar-refractivity contribution in [2.75, 3.05) is 13.7 Å². The van der Waals surface area contributed by atoms with Gasteiger partial charge in [-0.1, -0.05) is 27.2 Å². The Hall–Kier alpha value is -0.0800. The van der Waals surface area contributed by atoms with Crippen molar-refractivity contribution >= 4 is 0 Å². The van der Waals surface area contributed by atoms with Crippen molar-refractivity contribution in [2.24, 2.45) is 17.8 Å². The predicted octanol–water partition coefficient (Wildman–Crippen LogP) is 3.24. The third-order valence-corrected chi connectivity index (χ3v) is 4.13. The maximum absolute atomic E-state index is 10.8. The molecule has 1 saturated carbocycles. The highest BCUT2D eigenvalue weighted by Gasteiger charge is 2.41. The molecule has 1 aliphatic rings. The number of methoxy groups -OCH3 is 1. The largest absolute Gasteiger partial charge is 0.390 e. The molecule has 0 radical (unpaired) electrons. The van der Waals surface area contributed by atoms with Crippen molar-refractivity contribution < 1.29 is 9.84 Å². The molecule has 0 saturated heterocycles. The fourth-order valence-corrected chi connectivity index (χ4v) is 3.35. The van der Waals surface area contributed by atoms with E-state index in [1.54, 1.807) is 7.11 Å². The van der Waals surface area contributed by atoms with Gasteiger partial charge >= 0.3 is 0 Å². The second-order valence-corrected chi connectivity index (χ2v) is 5.94. The van der Waals surface area contributed by atoms with Gasteiger partial charge in [0, 0.05) is 13.7 Å². The zero-order valence-electron chi connectivity index (χ0n) is 11.3. The van der Waals surface area contributed by atoms with Crippen LogP contribution in [0.2, 0.25) is 0 Å². The number of hydrogen-bond acceptors (Lipinski definition) is 2. The molecule has 2 nitrogen and oxygen atoms in total. The molecule has 2 heteroatoms. The van der Waals surface area contributed by atoms with E-state index in [0.717, 1.165) is 25.9 Å². The molecule has 0 amide bonds. The second kappa shape index (κ2) is 6.02. The van der Waals surface area contributed by atoms with Crippen LogP contribution in [0.3, 0.4) is 0 Å². The van der Waals surface area contributed by atoms with Crippen molar-refractivity contribution in [3.05, 3.63) is 0 Å². The van der Waals surface area contributed by atoms with Crippen LogP contribution in [0, 0.1) is 17.8 Å². The van der Waals surface area contributed by atoms with Gasteiger partial charge in [-0.15, -0.1) is 0 Å². The molecule has 16 heavy (non-hydrogen) atoms. The van der Waals surface area contributed by atoms with Crippen LogP contribution < -0.4 is 0 Å². The highest BCUT2D eigenvalue weighted by atomic mass is 16.5. The Labute approximate surface area is 100 Å². The summed E-state index contributed by atoms with van der Waals surface area (Å²) in [6.07, 6.45) is 5.30. The molecule has 0 bridgehead atoms. The van der Waals surface area contributed by atoms with E-state index in [4.69, 9.17) is 4.74 Å². The van der Waals surface area contributed by atoms with Crippen molar-refractivity contribution in [3.8, 4) is 0 Å². The average molecular weight is 228 g/mol. The summed E-state index contributed by atoms with van der Waals surface area (Å²) >= 11 is 0. The van der Waals surface area contributed by atoms with Crippen LogP contribution >= 0.6 is 0 Å². The Morgan fingerprint density at radius 3 is 2.62 bits per heavy atom. The molecular formula is C14H28O2. The first-order valence-electron chi connectivity index (χ1n) is 6.71. The van der Waals surface area contributed by atoms with Crippen LogP contribution in [0.1, 0.15) is 52.9 Å². The lowest BCUT2D eigenvalue weighted by molar-refractivity contribution is -0.0891. The fraction of sp³-hybridized carbons (Fsp3) is 1.00. The Bertz CT molecular complexity index is 203. The summed E-state index contributed by atoms with van der Waals surface area (Å²) in [5, 5.41) is 10.8. The molecule has 0 aromatic heterocycles. The Balaban J connectivity index is 2.60. The average Bonchev–Trinajstić information content (AvgIpc) is 2.16. The molecule has 3 atom stereocenters. The van der Waals surface area contributed by atoms with E-state index in [9.17, 15) is 5.11 Å². The minimum absolute atomic E-state index is 0.440. The monoisotopic (exact) mass is 228 g/mol. The van der Waals surface area contributed by atoms with Gasteiger partial charge in [-0.25, -0.2) is 0 Å². The number of ether oxygens (including phenoxy) is 1. The van der Waals surface area contributed by atoms with Crippen LogP contribution in [0.15, 0.2) is 0 Å². The van der Waals surface area contributed by atoms with Gasteiger partial charge in [0.1, 0.15) is 0 Å². The Morgan fingerprint density at radius 2 is 2.06 bits per heavy atom. The number of rotatable bonds is 5. The summed E-state index contributed by atoms with van der Waals surface area (Å²) in [6, 6.07) is 0. The third kappa shape index (κ3) is 3.46. The smallest absolute Gasteiger partial charge is 0.0681 e. The molecule has 0 heterocycles. The molecule has 0 aliphatic heterocycles. The normalized spacial score (nSPS) is 35.6. The van der Waals surface area contributed by atoms with E-state index in [1.807, 2.05) is 0 Å². The minimum atomic E-state index is -0.440. The SMILES string of the molecule is COCCCC1(O)CC(C)CCC1C(C)C. The molecule has 1 fully saturated rings. The van der Waals surface area contributed by atoms with Gasteiger partial charge in [0.05, 0.1) is 5.60 Å².